The van der Waals surface area contributed by atoms with E-state index in [0.717, 1.165) is 29.5 Å². The van der Waals surface area contributed by atoms with Gasteiger partial charge < -0.3 is 14.4 Å². The van der Waals surface area contributed by atoms with E-state index in [1.165, 1.54) is 6.26 Å². The number of likely N-dealkylation sites (tertiary alicyclic amines) is 1. The molecular formula is C26H28N2O5S. The predicted molar refractivity (Wildman–Crippen MR) is 129 cm³/mol. The number of aromatic nitrogens is 1. The summed E-state index contributed by atoms with van der Waals surface area (Å²) < 4.78 is 34.5. The molecule has 1 saturated heterocycles. The summed E-state index contributed by atoms with van der Waals surface area (Å²) in [4.78, 5) is 18.7. The minimum atomic E-state index is -3.21. The van der Waals surface area contributed by atoms with E-state index in [-0.39, 0.29) is 12.7 Å². The van der Waals surface area contributed by atoms with E-state index < -0.39 is 9.84 Å². The first-order chi connectivity index (χ1) is 16.4. The maximum atomic E-state index is 12.3. The normalized spacial score (nSPS) is 14.6. The Morgan fingerprint density at radius 1 is 0.971 bits per heavy atom. The Balaban J connectivity index is 1.21. The molecule has 0 atom stereocenters. The second-order valence-corrected chi connectivity index (χ2v) is 10.5. The SMILES string of the molecule is CS(=O)(=O)c1ccc(-c2ccc(OCC3CCN(C(=O)OCc4ccccc4)CC3)nc2)cc1. The van der Waals surface area contributed by atoms with E-state index in [9.17, 15) is 13.2 Å². The third-order valence-electron chi connectivity index (χ3n) is 5.90. The van der Waals surface area contributed by atoms with Crippen LogP contribution in [0, 0.1) is 5.92 Å². The van der Waals surface area contributed by atoms with Gasteiger partial charge in [0.1, 0.15) is 6.61 Å². The number of carbonyl (C=O) groups is 1. The minimum Gasteiger partial charge on any atom is -0.477 e. The lowest BCUT2D eigenvalue weighted by molar-refractivity contribution is 0.0757. The Kier molecular flexibility index (Phi) is 7.47. The number of ether oxygens (including phenoxy) is 2. The zero-order chi connectivity index (χ0) is 24.0. The third kappa shape index (κ3) is 6.35. The van der Waals surface area contributed by atoms with E-state index in [4.69, 9.17) is 9.47 Å². The molecule has 0 bridgehead atoms. The minimum absolute atomic E-state index is 0.273. The molecule has 0 saturated carbocycles. The first-order valence-electron chi connectivity index (χ1n) is 11.2. The lowest BCUT2D eigenvalue weighted by atomic mass is 9.98. The predicted octanol–water partition coefficient (Wildman–Crippen LogP) is 4.58. The number of hydrogen-bond acceptors (Lipinski definition) is 6. The van der Waals surface area contributed by atoms with Gasteiger partial charge in [-0.2, -0.15) is 0 Å². The summed E-state index contributed by atoms with van der Waals surface area (Å²) in [6.07, 6.45) is 4.34. The zero-order valence-corrected chi connectivity index (χ0v) is 19.9. The van der Waals surface area contributed by atoms with Gasteiger partial charge >= 0.3 is 6.09 Å². The Labute approximate surface area is 200 Å². The molecule has 0 aliphatic carbocycles. The van der Waals surface area contributed by atoms with Crippen molar-refractivity contribution in [1.29, 1.82) is 0 Å². The average Bonchev–Trinajstić information content (AvgIpc) is 2.87. The second kappa shape index (κ2) is 10.7. The molecule has 0 spiro atoms. The fourth-order valence-corrected chi connectivity index (χ4v) is 4.46. The molecule has 7 nitrogen and oxygen atoms in total. The first kappa shape index (κ1) is 23.8. The van der Waals surface area contributed by atoms with Crippen molar-refractivity contribution in [2.24, 2.45) is 5.92 Å². The highest BCUT2D eigenvalue weighted by Gasteiger charge is 2.24. The molecule has 3 aromatic rings. The lowest BCUT2D eigenvalue weighted by Crippen LogP contribution is -2.40. The number of piperidine rings is 1. The highest BCUT2D eigenvalue weighted by atomic mass is 32.2. The lowest BCUT2D eigenvalue weighted by Gasteiger charge is -2.31. The number of benzene rings is 2. The van der Waals surface area contributed by atoms with Gasteiger partial charge in [-0.25, -0.2) is 18.2 Å². The van der Waals surface area contributed by atoms with Crippen molar-refractivity contribution in [2.75, 3.05) is 26.0 Å². The molecule has 0 N–H and O–H groups in total. The van der Waals surface area contributed by atoms with Gasteiger partial charge in [-0.05, 0) is 48.1 Å². The van der Waals surface area contributed by atoms with Crippen LogP contribution in [0.25, 0.3) is 11.1 Å². The van der Waals surface area contributed by atoms with E-state index in [2.05, 4.69) is 4.98 Å². The highest BCUT2D eigenvalue weighted by Crippen LogP contribution is 2.24. The molecule has 1 aliphatic rings. The largest absolute Gasteiger partial charge is 0.477 e. The fourth-order valence-electron chi connectivity index (χ4n) is 3.83. The molecule has 1 aliphatic heterocycles. The van der Waals surface area contributed by atoms with Crippen molar-refractivity contribution in [3.63, 3.8) is 0 Å². The van der Waals surface area contributed by atoms with Crippen LogP contribution < -0.4 is 4.74 Å². The van der Waals surface area contributed by atoms with Crippen LogP contribution in [0.15, 0.2) is 77.8 Å². The molecule has 1 fully saturated rings. The van der Waals surface area contributed by atoms with Gasteiger partial charge in [-0.1, -0.05) is 42.5 Å². The molecule has 1 amide bonds. The molecule has 0 radical (unpaired) electrons. The quantitative estimate of drug-likeness (QED) is 0.492. The maximum Gasteiger partial charge on any atom is 0.410 e. The molecule has 4 rings (SSSR count). The Morgan fingerprint density at radius 2 is 1.65 bits per heavy atom. The summed E-state index contributed by atoms with van der Waals surface area (Å²) in [5.41, 5.74) is 2.75. The monoisotopic (exact) mass is 480 g/mol. The van der Waals surface area contributed by atoms with Gasteiger partial charge in [0.05, 0.1) is 11.5 Å². The van der Waals surface area contributed by atoms with Gasteiger partial charge in [0.25, 0.3) is 0 Å². The van der Waals surface area contributed by atoms with Crippen molar-refractivity contribution < 1.29 is 22.7 Å². The standard InChI is InChI=1S/C26H28N2O5S/c1-34(30,31)24-10-7-22(8-11-24)23-9-12-25(27-17-23)32-18-21-13-15-28(16-14-21)26(29)33-19-20-5-3-2-4-6-20/h2-12,17,21H,13-16,18-19H2,1H3. The summed E-state index contributed by atoms with van der Waals surface area (Å²) in [7, 11) is -3.21. The fraction of sp³-hybridized carbons (Fsp3) is 0.308. The van der Waals surface area contributed by atoms with Gasteiger partial charge in [-0.3, -0.25) is 0 Å². The van der Waals surface area contributed by atoms with Crippen LogP contribution in [0.4, 0.5) is 4.79 Å². The number of carbonyl (C=O) groups excluding carboxylic acids is 1. The van der Waals surface area contributed by atoms with Crippen molar-refractivity contribution >= 4 is 15.9 Å². The van der Waals surface area contributed by atoms with Gasteiger partial charge in [0.15, 0.2) is 9.84 Å². The van der Waals surface area contributed by atoms with Crippen LogP contribution >= 0.6 is 0 Å². The van der Waals surface area contributed by atoms with Crippen LogP contribution in [0.5, 0.6) is 5.88 Å². The summed E-state index contributed by atoms with van der Waals surface area (Å²) in [5, 5.41) is 0. The molecule has 178 valence electrons. The van der Waals surface area contributed by atoms with Crippen molar-refractivity contribution in [2.45, 2.75) is 24.3 Å². The summed E-state index contributed by atoms with van der Waals surface area (Å²) in [6.45, 7) is 2.13. The average molecular weight is 481 g/mol. The Morgan fingerprint density at radius 3 is 2.26 bits per heavy atom. The van der Waals surface area contributed by atoms with Crippen molar-refractivity contribution in [3.8, 4) is 17.0 Å². The number of sulfone groups is 1. The highest BCUT2D eigenvalue weighted by molar-refractivity contribution is 7.90. The van der Waals surface area contributed by atoms with Gasteiger partial charge in [0, 0.05) is 37.2 Å². The van der Waals surface area contributed by atoms with Crippen molar-refractivity contribution in [1.82, 2.24) is 9.88 Å². The van der Waals surface area contributed by atoms with E-state index in [1.54, 1.807) is 35.4 Å². The topological polar surface area (TPSA) is 85.8 Å². The Hall–Kier alpha value is -3.39. The van der Waals surface area contributed by atoms with Crippen LogP contribution in [0.3, 0.4) is 0 Å². The summed E-state index contributed by atoms with van der Waals surface area (Å²) in [6, 6.07) is 20.1. The molecule has 2 heterocycles. The number of hydrogen-bond donors (Lipinski definition) is 0. The second-order valence-electron chi connectivity index (χ2n) is 8.46. The number of amides is 1. The number of rotatable bonds is 7. The first-order valence-corrected chi connectivity index (χ1v) is 13.1. The molecule has 8 heteroatoms. The van der Waals surface area contributed by atoms with Crippen LogP contribution in [-0.2, 0) is 21.2 Å². The molecular weight excluding hydrogens is 452 g/mol. The Bertz CT molecular complexity index is 1190. The van der Waals surface area contributed by atoms with Crippen LogP contribution in [0.2, 0.25) is 0 Å². The molecule has 34 heavy (non-hydrogen) atoms. The smallest absolute Gasteiger partial charge is 0.410 e. The van der Waals surface area contributed by atoms with Crippen LogP contribution in [0.1, 0.15) is 18.4 Å². The molecule has 2 aromatic carbocycles. The zero-order valence-electron chi connectivity index (χ0n) is 19.1. The van der Waals surface area contributed by atoms with Gasteiger partial charge in [-0.15, -0.1) is 0 Å². The molecule has 0 unspecified atom stereocenters. The van der Waals surface area contributed by atoms with E-state index >= 15 is 0 Å². The van der Waals surface area contributed by atoms with Crippen molar-refractivity contribution in [3.05, 3.63) is 78.5 Å². The third-order valence-corrected chi connectivity index (χ3v) is 7.03. The van der Waals surface area contributed by atoms with Gasteiger partial charge in [0.2, 0.25) is 5.88 Å². The summed E-state index contributed by atoms with van der Waals surface area (Å²) >= 11 is 0. The van der Waals surface area contributed by atoms with Crippen LogP contribution in [-0.4, -0.2) is 50.3 Å². The summed E-state index contributed by atoms with van der Waals surface area (Å²) in [5.74, 6) is 0.893. The number of nitrogens with zero attached hydrogens (tertiary/aromatic N) is 2. The van der Waals surface area contributed by atoms with E-state index in [1.807, 2.05) is 42.5 Å². The molecule has 1 aromatic heterocycles. The maximum absolute atomic E-state index is 12.3. The van der Waals surface area contributed by atoms with E-state index in [0.29, 0.717) is 36.4 Å². The number of pyridine rings is 1.